The number of hydrogen-bond donors (Lipinski definition) is 3. The summed E-state index contributed by atoms with van der Waals surface area (Å²) in [7, 11) is 0. The number of urea groups is 1. The lowest BCUT2D eigenvalue weighted by molar-refractivity contribution is -0.119. The number of ether oxygens (including phenoxy) is 2. The predicted molar refractivity (Wildman–Crippen MR) is 104 cm³/mol. The first-order valence-electron chi connectivity index (χ1n) is 8.96. The van der Waals surface area contributed by atoms with Crippen molar-refractivity contribution >= 4 is 17.6 Å². The predicted octanol–water partition coefficient (Wildman–Crippen LogP) is 3.15. The van der Waals surface area contributed by atoms with Crippen molar-refractivity contribution in [2.45, 2.75) is 19.9 Å². The molecule has 2 aromatic carbocycles. The van der Waals surface area contributed by atoms with Gasteiger partial charge in [-0.15, -0.1) is 0 Å². The average Bonchev–Trinajstić information content (AvgIpc) is 3.11. The summed E-state index contributed by atoms with van der Waals surface area (Å²) in [4.78, 5) is 25.2. The standard InChI is InChI=1S/C21H21N3O4/c1-11-4-6-15(12(2)8-11)23-20(25)18-13(3)22-21(26)24-19(18)14-5-7-16-17(9-14)28-10-27-16/h4-9,18-19H,3,10H2,1-2H3,(H,23,25)(H2,22,24,26)/t18-,19-/m0/s1. The van der Waals surface area contributed by atoms with E-state index in [0.717, 1.165) is 22.4 Å². The van der Waals surface area contributed by atoms with E-state index in [2.05, 4.69) is 22.5 Å². The van der Waals surface area contributed by atoms with E-state index in [9.17, 15) is 9.59 Å². The number of carbonyl (C=O) groups is 2. The minimum Gasteiger partial charge on any atom is -0.454 e. The van der Waals surface area contributed by atoms with Crippen LogP contribution >= 0.6 is 0 Å². The van der Waals surface area contributed by atoms with Crippen molar-refractivity contribution in [2.24, 2.45) is 5.92 Å². The maximum Gasteiger partial charge on any atom is 0.319 e. The Bertz CT molecular complexity index is 986. The topological polar surface area (TPSA) is 88.7 Å². The molecule has 3 N–H and O–H groups in total. The van der Waals surface area contributed by atoms with Gasteiger partial charge in [0, 0.05) is 11.4 Å². The van der Waals surface area contributed by atoms with Crippen LogP contribution < -0.4 is 25.4 Å². The van der Waals surface area contributed by atoms with Crippen molar-refractivity contribution in [1.82, 2.24) is 10.6 Å². The Balaban J connectivity index is 1.64. The van der Waals surface area contributed by atoms with Crippen molar-refractivity contribution in [3.8, 4) is 11.5 Å². The second-order valence-electron chi connectivity index (χ2n) is 7.00. The summed E-state index contributed by atoms with van der Waals surface area (Å²) >= 11 is 0. The van der Waals surface area contributed by atoms with Crippen LogP contribution in [0.4, 0.5) is 10.5 Å². The fourth-order valence-electron chi connectivity index (χ4n) is 3.54. The molecule has 1 saturated heterocycles. The molecule has 28 heavy (non-hydrogen) atoms. The first kappa shape index (κ1) is 17.9. The Morgan fingerprint density at radius 1 is 1.14 bits per heavy atom. The number of hydrogen-bond acceptors (Lipinski definition) is 4. The van der Waals surface area contributed by atoms with Gasteiger partial charge in [0.1, 0.15) is 5.92 Å². The summed E-state index contributed by atoms with van der Waals surface area (Å²) in [5.41, 5.74) is 3.88. The number of nitrogens with one attached hydrogen (secondary N) is 3. The van der Waals surface area contributed by atoms with Gasteiger partial charge >= 0.3 is 6.03 Å². The van der Waals surface area contributed by atoms with Gasteiger partial charge in [-0.1, -0.05) is 30.3 Å². The molecule has 0 radical (unpaired) electrons. The molecule has 0 aromatic heterocycles. The lowest BCUT2D eigenvalue weighted by Gasteiger charge is -2.34. The normalized spacial score (nSPS) is 20.4. The second-order valence-corrected chi connectivity index (χ2v) is 7.00. The number of amides is 3. The highest BCUT2D eigenvalue weighted by molar-refractivity contribution is 5.97. The third-order valence-corrected chi connectivity index (χ3v) is 4.95. The molecule has 0 spiro atoms. The summed E-state index contributed by atoms with van der Waals surface area (Å²) in [5.74, 6) is 0.273. The smallest absolute Gasteiger partial charge is 0.319 e. The van der Waals surface area contributed by atoms with Crippen LogP contribution in [-0.4, -0.2) is 18.7 Å². The molecule has 2 atom stereocenters. The Hall–Kier alpha value is -3.48. The zero-order valence-corrected chi connectivity index (χ0v) is 15.7. The molecule has 7 heteroatoms. The molecule has 3 amide bonds. The number of aryl methyl sites for hydroxylation is 2. The summed E-state index contributed by atoms with van der Waals surface area (Å²) in [5, 5.41) is 8.39. The van der Waals surface area contributed by atoms with Crippen LogP contribution in [0.5, 0.6) is 11.5 Å². The van der Waals surface area contributed by atoms with Gasteiger partial charge in [0.05, 0.1) is 6.04 Å². The van der Waals surface area contributed by atoms with Crippen LogP contribution in [0.3, 0.4) is 0 Å². The maximum atomic E-state index is 13.1. The summed E-state index contributed by atoms with van der Waals surface area (Å²) in [6.45, 7) is 7.99. The molecule has 7 nitrogen and oxygen atoms in total. The zero-order chi connectivity index (χ0) is 19.8. The highest BCUT2D eigenvalue weighted by Gasteiger charge is 2.38. The van der Waals surface area contributed by atoms with Crippen LogP contribution in [0.2, 0.25) is 0 Å². The molecular weight excluding hydrogens is 358 g/mol. The molecule has 0 saturated carbocycles. The first-order chi connectivity index (χ1) is 13.4. The third-order valence-electron chi connectivity index (χ3n) is 4.95. The fraction of sp³-hybridized carbons (Fsp3) is 0.238. The molecule has 1 fully saturated rings. The first-order valence-corrected chi connectivity index (χ1v) is 8.96. The summed E-state index contributed by atoms with van der Waals surface area (Å²) in [6.07, 6.45) is 0. The van der Waals surface area contributed by atoms with Gasteiger partial charge in [0.25, 0.3) is 0 Å². The Morgan fingerprint density at radius 2 is 1.93 bits per heavy atom. The molecule has 0 aliphatic carbocycles. The Kier molecular flexibility index (Phi) is 4.43. The van der Waals surface area contributed by atoms with E-state index in [1.54, 1.807) is 12.1 Å². The zero-order valence-electron chi connectivity index (χ0n) is 15.7. The molecule has 2 aliphatic rings. The Morgan fingerprint density at radius 3 is 2.71 bits per heavy atom. The van der Waals surface area contributed by atoms with E-state index < -0.39 is 18.0 Å². The van der Waals surface area contributed by atoms with Crippen molar-refractivity contribution in [3.05, 3.63) is 65.4 Å². The van der Waals surface area contributed by atoms with E-state index >= 15 is 0 Å². The van der Waals surface area contributed by atoms with Crippen LogP contribution in [0.25, 0.3) is 0 Å². The highest BCUT2D eigenvalue weighted by Crippen LogP contribution is 2.38. The minimum atomic E-state index is -0.696. The summed E-state index contributed by atoms with van der Waals surface area (Å²) < 4.78 is 10.8. The number of fused-ring (bicyclic) bond motifs is 1. The molecular formula is C21H21N3O4. The molecule has 0 unspecified atom stereocenters. The lowest BCUT2D eigenvalue weighted by Crippen LogP contribution is -2.51. The van der Waals surface area contributed by atoms with Crippen LogP contribution in [0.1, 0.15) is 22.7 Å². The highest BCUT2D eigenvalue weighted by atomic mass is 16.7. The number of carbonyl (C=O) groups excluding carboxylic acids is 2. The van der Waals surface area contributed by atoms with Crippen LogP contribution in [0, 0.1) is 19.8 Å². The van der Waals surface area contributed by atoms with E-state index in [1.807, 2.05) is 38.1 Å². The van der Waals surface area contributed by atoms with Crippen molar-refractivity contribution < 1.29 is 19.1 Å². The lowest BCUT2D eigenvalue weighted by atomic mass is 9.88. The van der Waals surface area contributed by atoms with E-state index in [0.29, 0.717) is 17.2 Å². The van der Waals surface area contributed by atoms with Gasteiger partial charge < -0.3 is 25.4 Å². The largest absolute Gasteiger partial charge is 0.454 e. The van der Waals surface area contributed by atoms with Crippen molar-refractivity contribution in [2.75, 3.05) is 12.1 Å². The molecule has 2 heterocycles. The van der Waals surface area contributed by atoms with Gasteiger partial charge in [-0.3, -0.25) is 4.79 Å². The minimum absolute atomic E-state index is 0.153. The van der Waals surface area contributed by atoms with Gasteiger partial charge in [0.2, 0.25) is 12.7 Å². The van der Waals surface area contributed by atoms with Crippen molar-refractivity contribution in [1.29, 1.82) is 0 Å². The number of anilines is 1. The number of benzene rings is 2. The fourth-order valence-corrected chi connectivity index (χ4v) is 3.54. The van der Waals surface area contributed by atoms with Crippen LogP contribution in [-0.2, 0) is 4.79 Å². The SMILES string of the molecule is C=C1NC(=O)N[C@@H](c2ccc3c(c2)OCO3)[C@H]1C(=O)Nc1ccc(C)cc1C. The monoisotopic (exact) mass is 379 g/mol. The third kappa shape index (κ3) is 3.26. The maximum absolute atomic E-state index is 13.1. The quantitative estimate of drug-likeness (QED) is 0.764. The molecule has 2 aliphatic heterocycles. The van der Waals surface area contributed by atoms with E-state index in [1.165, 1.54) is 0 Å². The van der Waals surface area contributed by atoms with Crippen LogP contribution in [0.15, 0.2) is 48.7 Å². The van der Waals surface area contributed by atoms with E-state index in [-0.39, 0.29) is 12.7 Å². The van der Waals surface area contributed by atoms with Gasteiger partial charge in [-0.2, -0.15) is 0 Å². The Labute approximate surface area is 162 Å². The van der Waals surface area contributed by atoms with Crippen molar-refractivity contribution in [3.63, 3.8) is 0 Å². The molecule has 2 aromatic rings. The van der Waals surface area contributed by atoms with Gasteiger partial charge in [-0.25, -0.2) is 4.79 Å². The molecule has 144 valence electrons. The average molecular weight is 379 g/mol. The van der Waals surface area contributed by atoms with E-state index in [4.69, 9.17) is 9.47 Å². The van der Waals surface area contributed by atoms with Gasteiger partial charge in [-0.05, 0) is 43.2 Å². The summed E-state index contributed by atoms with van der Waals surface area (Å²) in [6, 6.07) is 10.2. The number of rotatable bonds is 3. The molecule has 0 bridgehead atoms. The second kappa shape index (κ2) is 6.92. The molecule has 4 rings (SSSR count). The van der Waals surface area contributed by atoms with Gasteiger partial charge in [0.15, 0.2) is 11.5 Å².